The van der Waals surface area contributed by atoms with Crippen LogP contribution >= 0.6 is 11.3 Å². The number of hydrogen-bond donors (Lipinski definition) is 2. The molecule has 2 N–H and O–H groups in total. The lowest BCUT2D eigenvalue weighted by molar-refractivity contribution is -0.136. The van der Waals surface area contributed by atoms with Gasteiger partial charge in [-0.15, -0.1) is 11.3 Å². The highest BCUT2D eigenvalue weighted by Gasteiger charge is 2.53. The molecule has 1 aliphatic heterocycles. The smallest absolute Gasteiger partial charge is 0.325 e. The number of carbonyl (C=O) groups excluding carboxylic acids is 3. The van der Waals surface area contributed by atoms with Gasteiger partial charge in [-0.2, -0.15) is 0 Å². The Morgan fingerprint density at radius 3 is 2.66 bits per heavy atom. The molecular formula is C21H32N4O3S. The number of thiazole rings is 1. The van der Waals surface area contributed by atoms with Crippen molar-refractivity contribution in [1.82, 2.24) is 20.5 Å². The molecule has 1 spiro atoms. The van der Waals surface area contributed by atoms with Crippen LogP contribution in [0.4, 0.5) is 4.79 Å². The Hall–Kier alpha value is -1.96. The van der Waals surface area contributed by atoms with E-state index < -0.39 is 11.6 Å². The van der Waals surface area contributed by atoms with Gasteiger partial charge in [-0.3, -0.25) is 14.5 Å². The summed E-state index contributed by atoms with van der Waals surface area (Å²) in [6.45, 7) is 8.89. The van der Waals surface area contributed by atoms with Gasteiger partial charge in [-0.25, -0.2) is 9.78 Å². The highest BCUT2D eigenvalue weighted by atomic mass is 32.1. The third-order valence-electron chi connectivity index (χ3n) is 6.77. The lowest BCUT2D eigenvalue weighted by atomic mass is 9.65. The average molecular weight is 421 g/mol. The van der Waals surface area contributed by atoms with Gasteiger partial charge in [0.25, 0.3) is 5.91 Å². The first-order chi connectivity index (χ1) is 13.7. The summed E-state index contributed by atoms with van der Waals surface area (Å²) in [4.78, 5) is 43.2. The lowest BCUT2D eigenvalue weighted by Crippen LogP contribution is -2.51. The van der Waals surface area contributed by atoms with E-state index in [1.54, 1.807) is 11.3 Å². The van der Waals surface area contributed by atoms with Crippen molar-refractivity contribution in [2.45, 2.75) is 71.8 Å². The van der Waals surface area contributed by atoms with E-state index in [0.29, 0.717) is 31.7 Å². The number of rotatable bonds is 7. The summed E-state index contributed by atoms with van der Waals surface area (Å²) in [7, 11) is 0. The molecule has 8 heteroatoms. The van der Waals surface area contributed by atoms with Crippen molar-refractivity contribution in [2.24, 2.45) is 11.3 Å². The zero-order chi connectivity index (χ0) is 21.2. The molecule has 3 rings (SSSR count). The molecule has 2 heterocycles. The molecule has 160 valence electrons. The fourth-order valence-electron chi connectivity index (χ4n) is 4.39. The Bertz CT molecular complexity index is 781. The van der Waals surface area contributed by atoms with Crippen molar-refractivity contribution in [3.63, 3.8) is 0 Å². The zero-order valence-corrected chi connectivity index (χ0v) is 18.7. The molecule has 7 nitrogen and oxygen atoms in total. The van der Waals surface area contributed by atoms with Crippen LogP contribution in [0.25, 0.3) is 0 Å². The van der Waals surface area contributed by atoms with Crippen molar-refractivity contribution in [3.05, 3.63) is 16.1 Å². The standard InChI is InChI=1S/C21H32N4O3S/c1-5-20(3,4)15-6-9-21(10-7-15)18(27)25(19(28)24-21)12-17(26)22-11-8-16-13-29-14(2)23-16/h13,15H,5-12H2,1-4H3,(H,22,26)(H,24,28). The summed E-state index contributed by atoms with van der Waals surface area (Å²) in [6.07, 6.45) is 4.85. The predicted octanol–water partition coefficient (Wildman–Crippen LogP) is 3.03. The van der Waals surface area contributed by atoms with Gasteiger partial charge >= 0.3 is 6.03 Å². The zero-order valence-electron chi connectivity index (χ0n) is 17.8. The molecule has 1 aliphatic carbocycles. The maximum Gasteiger partial charge on any atom is 0.325 e. The number of imide groups is 1. The van der Waals surface area contributed by atoms with E-state index in [1.165, 1.54) is 0 Å². The quantitative estimate of drug-likeness (QED) is 0.663. The van der Waals surface area contributed by atoms with Crippen LogP contribution < -0.4 is 10.6 Å². The molecule has 0 unspecified atom stereocenters. The van der Waals surface area contributed by atoms with E-state index in [0.717, 1.165) is 34.9 Å². The second-order valence-corrected chi connectivity index (χ2v) is 10.0. The highest BCUT2D eigenvalue weighted by molar-refractivity contribution is 7.09. The van der Waals surface area contributed by atoms with E-state index in [9.17, 15) is 14.4 Å². The van der Waals surface area contributed by atoms with E-state index >= 15 is 0 Å². The van der Waals surface area contributed by atoms with E-state index in [1.807, 2.05) is 12.3 Å². The second-order valence-electron chi connectivity index (χ2n) is 8.98. The molecule has 2 fully saturated rings. The second kappa shape index (κ2) is 8.42. The minimum atomic E-state index is -0.824. The molecule has 1 saturated carbocycles. The number of carbonyl (C=O) groups is 3. The van der Waals surface area contributed by atoms with E-state index in [2.05, 4.69) is 36.4 Å². The maximum absolute atomic E-state index is 13.0. The molecule has 29 heavy (non-hydrogen) atoms. The van der Waals surface area contributed by atoms with Crippen LogP contribution in [0.1, 0.15) is 63.6 Å². The summed E-state index contributed by atoms with van der Waals surface area (Å²) < 4.78 is 0. The normalized spacial score (nSPS) is 24.8. The third-order valence-corrected chi connectivity index (χ3v) is 7.60. The summed E-state index contributed by atoms with van der Waals surface area (Å²) >= 11 is 1.58. The fourth-order valence-corrected chi connectivity index (χ4v) is 5.04. The van der Waals surface area contributed by atoms with Gasteiger partial charge in [-0.05, 0) is 43.9 Å². The minimum Gasteiger partial charge on any atom is -0.354 e. The maximum atomic E-state index is 13.0. The van der Waals surface area contributed by atoms with Crippen molar-refractivity contribution in [3.8, 4) is 0 Å². The third kappa shape index (κ3) is 4.63. The van der Waals surface area contributed by atoms with Gasteiger partial charge in [0.1, 0.15) is 12.1 Å². The molecule has 1 aromatic heterocycles. The van der Waals surface area contributed by atoms with Crippen LogP contribution in [0.2, 0.25) is 0 Å². The first kappa shape index (κ1) is 21.7. The molecule has 0 bridgehead atoms. The molecule has 0 aromatic carbocycles. The highest BCUT2D eigenvalue weighted by Crippen LogP contribution is 2.45. The summed E-state index contributed by atoms with van der Waals surface area (Å²) in [5, 5.41) is 8.65. The molecule has 0 radical (unpaired) electrons. The molecule has 1 aromatic rings. The van der Waals surface area contributed by atoms with Crippen LogP contribution in [0.3, 0.4) is 0 Å². The first-order valence-corrected chi connectivity index (χ1v) is 11.4. The van der Waals surface area contributed by atoms with Gasteiger partial charge in [0, 0.05) is 18.3 Å². The molecule has 0 atom stereocenters. The molecule has 2 aliphatic rings. The largest absolute Gasteiger partial charge is 0.354 e. The van der Waals surface area contributed by atoms with Crippen molar-refractivity contribution in [2.75, 3.05) is 13.1 Å². The predicted molar refractivity (Wildman–Crippen MR) is 113 cm³/mol. The molecule has 4 amide bonds. The number of amides is 4. The van der Waals surface area contributed by atoms with E-state index in [-0.39, 0.29) is 23.8 Å². The first-order valence-electron chi connectivity index (χ1n) is 10.5. The Balaban J connectivity index is 1.52. The van der Waals surface area contributed by atoms with Crippen molar-refractivity contribution >= 4 is 29.2 Å². The van der Waals surface area contributed by atoms with E-state index in [4.69, 9.17) is 0 Å². The monoisotopic (exact) mass is 420 g/mol. The van der Waals surface area contributed by atoms with Crippen LogP contribution in [0.15, 0.2) is 5.38 Å². The van der Waals surface area contributed by atoms with Gasteiger partial charge < -0.3 is 10.6 Å². The van der Waals surface area contributed by atoms with Crippen LogP contribution in [0.5, 0.6) is 0 Å². The number of nitrogens with one attached hydrogen (secondary N) is 2. The Labute approximate surface area is 176 Å². The Kier molecular flexibility index (Phi) is 6.31. The topological polar surface area (TPSA) is 91.4 Å². The van der Waals surface area contributed by atoms with Gasteiger partial charge in [0.05, 0.1) is 10.7 Å². The minimum absolute atomic E-state index is 0.230. The molecule has 1 saturated heterocycles. The molecular weight excluding hydrogens is 388 g/mol. The number of hydrogen-bond acceptors (Lipinski definition) is 5. The number of urea groups is 1. The number of aromatic nitrogens is 1. The number of aryl methyl sites for hydroxylation is 1. The number of nitrogens with zero attached hydrogens (tertiary/aromatic N) is 2. The SMILES string of the molecule is CCC(C)(C)C1CCC2(CC1)NC(=O)N(CC(=O)NCCc1csc(C)n1)C2=O. The van der Waals surface area contributed by atoms with Crippen molar-refractivity contribution < 1.29 is 14.4 Å². The average Bonchev–Trinajstić information content (AvgIpc) is 3.19. The fraction of sp³-hybridized carbons (Fsp3) is 0.714. The summed E-state index contributed by atoms with van der Waals surface area (Å²) in [6, 6.07) is -0.450. The van der Waals surface area contributed by atoms with Gasteiger partial charge in [-0.1, -0.05) is 27.2 Å². The van der Waals surface area contributed by atoms with Gasteiger partial charge in [0.2, 0.25) is 5.91 Å². The Morgan fingerprint density at radius 2 is 2.07 bits per heavy atom. The van der Waals surface area contributed by atoms with Crippen LogP contribution in [-0.2, 0) is 16.0 Å². The summed E-state index contributed by atoms with van der Waals surface area (Å²) in [5.41, 5.74) is 0.354. The van der Waals surface area contributed by atoms with Crippen molar-refractivity contribution in [1.29, 1.82) is 0 Å². The summed E-state index contributed by atoms with van der Waals surface area (Å²) in [5.74, 6) is -0.0200. The Morgan fingerprint density at radius 1 is 1.38 bits per heavy atom. The lowest BCUT2D eigenvalue weighted by Gasteiger charge is -2.42. The van der Waals surface area contributed by atoms with Gasteiger partial charge in [0.15, 0.2) is 0 Å². The van der Waals surface area contributed by atoms with Crippen LogP contribution in [0, 0.1) is 18.3 Å². The van der Waals surface area contributed by atoms with Crippen LogP contribution in [-0.4, -0.2) is 46.4 Å².